The van der Waals surface area contributed by atoms with Gasteiger partial charge in [0.05, 0.1) is 17.2 Å². The molecule has 1 aliphatic rings. The second kappa shape index (κ2) is 7.66. The van der Waals surface area contributed by atoms with Crippen LogP contribution in [0.1, 0.15) is 18.4 Å². The Bertz CT molecular complexity index is 587. The number of hydrogen-bond acceptors (Lipinski definition) is 6. The van der Waals surface area contributed by atoms with Crippen molar-refractivity contribution in [2.45, 2.75) is 18.9 Å². The number of rotatable bonds is 5. The van der Waals surface area contributed by atoms with Crippen LogP contribution in [0.15, 0.2) is 23.3 Å². The minimum absolute atomic E-state index is 0.114. The average Bonchev–Trinajstić information content (AvgIpc) is 3.00. The Hall–Kier alpha value is -2.26. The van der Waals surface area contributed by atoms with Gasteiger partial charge in [0.1, 0.15) is 0 Å². The Labute approximate surface area is 132 Å². The standard InChI is InChI=1S/C13H16N4O4S/c18-12-4-3-10(17(19)20)6-9(12)7-15-16-13(22)14-8-11-2-1-5-21-11/h3-4,6-7,11,18H,1-2,5,8H2,(H2,14,16,22)/p-1/b15-7-/t11-/m0/s1. The lowest BCUT2D eigenvalue weighted by atomic mass is 10.2. The molecule has 2 rings (SSSR count). The van der Waals surface area contributed by atoms with E-state index in [0.29, 0.717) is 11.7 Å². The molecule has 22 heavy (non-hydrogen) atoms. The molecule has 1 atom stereocenters. The quantitative estimate of drug-likeness (QED) is 0.354. The Morgan fingerprint density at radius 2 is 2.41 bits per heavy atom. The number of nitrogens with zero attached hydrogens (tertiary/aromatic N) is 2. The second-order valence-electron chi connectivity index (χ2n) is 4.69. The van der Waals surface area contributed by atoms with Gasteiger partial charge in [-0.2, -0.15) is 5.10 Å². The zero-order valence-corrected chi connectivity index (χ0v) is 12.5. The van der Waals surface area contributed by atoms with E-state index in [1.165, 1.54) is 6.21 Å². The van der Waals surface area contributed by atoms with Crippen molar-refractivity contribution in [3.8, 4) is 5.75 Å². The lowest BCUT2D eigenvalue weighted by Crippen LogP contribution is -2.37. The first-order valence-electron chi connectivity index (χ1n) is 6.70. The molecule has 1 aliphatic heterocycles. The number of nitro groups is 1. The van der Waals surface area contributed by atoms with Gasteiger partial charge in [0.15, 0.2) is 5.11 Å². The molecular weight excluding hydrogens is 308 g/mol. The molecule has 0 saturated carbocycles. The first-order valence-corrected chi connectivity index (χ1v) is 7.11. The largest absolute Gasteiger partial charge is 0.872 e. The molecule has 9 heteroatoms. The van der Waals surface area contributed by atoms with Gasteiger partial charge in [-0.1, -0.05) is 11.8 Å². The minimum atomic E-state index is -0.571. The number of thiocarbonyl (C=S) groups is 1. The molecule has 118 valence electrons. The van der Waals surface area contributed by atoms with Gasteiger partial charge in [0.2, 0.25) is 0 Å². The molecule has 0 aliphatic carbocycles. The molecule has 0 aromatic heterocycles. The molecule has 0 amide bonds. The van der Waals surface area contributed by atoms with E-state index in [4.69, 9.17) is 17.0 Å². The maximum Gasteiger partial charge on any atom is 0.270 e. The van der Waals surface area contributed by atoms with E-state index in [0.717, 1.165) is 37.6 Å². The van der Waals surface area contributed by atoms with Crippen molar-refractivity contribution in [1.29, 1.82) is 0 Å². The summed E-state index contributed by atoms with van der Waals surface area (Å²) in [7, 11) is 0. The maximum absolute atomic E-state index is 11.6. The van der Waals surface area contributed by atoms with Crippen LogP contribution in [0.3, 0.4) is 0 Å². The summed E-state index contributed by atoms with van der Waals surface area (Å²) in [6.45, 7) is 1.36. The summed E-state index contributed by atoms with van der Waals surface area (Å²) in [6, 6.07) is 3.45. The lowest BCUT2D eigenvalue weighted by molar-refractivity contribution is -0.385. The summed E-state index contributed by atoms with van der Waals surface area (Å²) in [5, 5.41) is 29.3. The van der Waals surface area contributed by atoms with Crippen molar-refractivity contribution in [3.63, 3.8) is 0 Å². The van der Waals surface area contributed by atoms with Crippen LogP contribution >= 0.6 is 12.2 Å². The summed E-state index contributed by atoms with van der Waals surface area (Å²) in [5.41, 5.74) is 2.50. The second-order valence-corrected chi connectivity index (χ2v) is 5.10. The van der Waals surface area contributed by atoms with Gasteiger partial charge >= 0.3 is 0 Å². The summed E-state index contributed by atoms with van der Waals surface area (Å²) >= 11 is 5.03. The van der Waals surface area contributed by atoms with E-state index in [9.17, 15) is 15.2 Å². The molecule has 1 heterocycles. The number of nitro benzene ring substituents is 1. The van der Waals surface area contributed by atoms with E-state index >= 15 is 0 Å². The third-order valence-corrected chi connectivity index (χ3v) is 3.32. The van der Waals surface area contributed by atoms with E-state index in [1.807, 2.05) is 0 Å². The van der Waals surface area contributed by atoms with Crippen molar-refractivity contribution in [2.24, 2.45) is 5.10 Å². The third-order valence-electron chi connectivity index (χ3n) is 3.09. The number of non-ortho nitro benzene ring substituents is 1. The predicted molar refractivity (Wildman–Crippen MR) is 82.8 cm³/mol. The highest BCUT2D eigenvalue weighted by Gasteiger charge is 2.15. The Balaban J connectivity index is 1.84. The van der Waals surface area contributed by atoms with Crippen LogP contribution in [0, 0.1) is 10.1 Å². The van der Waals surface area contributed by atoms with Gasteiger partial charge in [-0.05, 0) is 30.6 Å². The molecule has 8 nitrogen and oxygen atoms in total. The number of hydrogen-bond donors (Lipinski definition) is 2. The number of benzene rings is 1. The Morgan fingerprint density at radius 3 is 3.09 bits per heavy atom. The van der Waals surface area contributed by atoms with Crippen LogP contribution in [-0.2, 0) is 4.74 Å². The fraction of sp³-hybridized carbons (Fsp3) is 0.385. The van der Waals surface area contributed by atoms with Gasteiger partial charge in [0, 0.05) is 25.3 Å². The Morgan fingerprint density at radius 1 is 1.59 bits per heavy atom. The van der Waals surface area contributed by atoms with Gasteiger partial charge in [-0.15, -0.1) is 0 Å². The fourth-order valence-corrected chi connectivity index (χ4v) is 2.10. The van der Waals surface area contributed by atoms with Crippen LogP contribution in [0.4, 0.5) is 5.69 Å². The van der Waals surface area contributed by atoms with E-state index in [-0.39, 0.29) is 23.1 Å². The number of hydrazone groups is 1. The molecule has 0 unspecified atom stereocenters. The van der Waals surface area contributed by atoms with Gasteiger partial charge in [-0.25, -0.2) is 0 Å². The fourth-order valence-electron chi connectivity index (χ4n) is 1.96. The van der Waals surface area contributed by atoms with Crippen molar-refractivity contribution in [3.05, 3.63) is 33.9 Å². The first-order chi connectivity index (χ1) is 10.6. The third kappa shape index (κ3) is 4.64. The van der Waals surface area contributed by atoms with Crippen LogP contribution in [0.5, 0.6) is 5.75 Å². The summed E-state index contributed by atoms with van der Waals surface area (Å²) in [6.07, 6.45) is 3.39. The summed E-state index contributed by atoms with van der Waals surface area (Å²) < 4.78 is 5.43. The first kappa shape index (κ1) is 16.1. The highest BCUT2D eigenvalue weighted by molar-refractivity contribution is 7.80. The SMILES string of the molecule is O=[N+]([O-])c1ccc([O-])c(/C=N\NC(=S)NC[C@@H]2CCCO2)c1. The number of ether oxygens (including phenoxy) is 1. The van der Waals surface area contributed by atoms with E-state index in [1.54, 1.807) is 0 Å². The normalized spacial score (nSPS) is 17.5. The van der Waals surface area contributed by atoms with Crippen LogP contribution in [-0.4, -0.2) is 35.5 Å². The van der Waals surface area contributed by atoms with E-state index in [2.05, 4.69) is 15.8 Å². The van der Waals surface area contributed by atoms with E-state index < -0.39 is 4.92 Å². The lowest BCUT2D eigenvalue weighted by Gasteiger charge is -2.12. The minimum Gasteiger partial charge on any atom is -0.872 e. The highest BCUT2D eigenvalue weighted by atomic mass is 32.1. The van der Waals surface area contributed by atoms with Crippen molar-refractivity contribution < 1.29 is 14.8 Å². The highest BCUT2D eigenvalue weighted by Crippen LogP contribution is 2.18. The summed E-state index contributed by atoms with van der Waals surface area (Å²) in [5.74, 6) is -0.352. The Kier molecular flexibility index (Phi) is 5.61. The van der Waals surface area contributed by atoms with Crippen molar-refractivity contribution in [2.75, 3.05) is 13.2 Å². The number of nitrogens with one attached hydrogen (secondary N) is 2. The molecule has 1 aromatic rings. The zero-order valence-electron chi connectivity index (χ0n) is 11.7. The zero-order chi connectivity index (χ0) is 15.9. The molecule has 2 N–H and O–H groups in total. The molecule has 0 radical (unpaired) electrons. The molecular formula is C13H15N4O4S-. The topological polar surface area (TPSA) is 112 Å². The van der Waals surface area contributed by atoms with Crippen LogP contribution < -0.4 is 15.8 Å². The molecule has 0 spiro atoms. The van der Waals surface area contributed by atoms with Gasteiger partial charge in [0.25, 0.3) is 5.69 Å². The van der Waals surface area contributed by atoms with Crippen molar-refractivity contribution in [1.82, 2.24) is 10.7 Å². The van der Waals surface area contributed by atoms with Gasteiger partial charge in [-0.3, -0.25) is 15.5 Å². The van der Waals surface area contributed by atoms with Crippen molar-refractivity contribution >= 4 is 29.2 Å². The smallest absolute Gasteiger partial charge is 0.270 e. The summed E-state index contributed by atoms with van der Waals surface area (Å²) in [4.78, 5) is 10.1. The van der Waals surface area contributed by atoms with Crippen LogP contribution in [0.2, 0.25) is 0 Å². The molecule has 1 aromatic carbocycles. The molecule has 1 fully saturated rings. The van der Waals surface area contributed by atoms with Crippen LogP contribution in [0.25, 0.3) is 0 Å². The maximum atomic E-state index is 11.6. The molecule has 0 bridgehead atoms. The monoisotopic (exact) mass is 323 g/mol. The predicted octanol–water partition coefficient (Wildman–Crippen LogP) is 0.645. The van der Waals surface area contributed by atoms with Gasteiger partial charge < -0.3 is 15.2 Å². The average molecular weight is 323 g/mol. The molecule has 1 saturated heterocycles.